The molecule has 0 bridgehead atoms. The monoisotopic (exact) mass is 180 g/mol. The first kappa shape index (κ1) is 8.38. The summed E-state index contributed by atoms with van der Waals surface area (Å²) in [6.45, 7) is 3.57. The van der Waals surface area contributed by atoms with E-state index in [1.807, 2.05) is 18.2 Å². The third-order valence-electron chi connectivity index (χ3n) is 2.06. The molecule has 1 atom stereocenters. The van der Waals surface area contributed by atoms with Gasteiger partial charge in [-0.05, 0) is 26.0 Å². The van der Waals surface area contributed by atoms with E-state index in [1.165, 1.54) is 0 Å². The molecule has 1 aliphatic heterocycles. The van der Waals surface area contributed by atoms with Crippen LogP contribution in [0.4, 0.5) is 0 Å². The Morgan fingerprint density at radius 3 is 2.54 bits per heavy atom. The largest absolute Gasteiger partial charge is 0.477 e. The zero-order valence-corrected chi connectivity index (χ0v) is 7.65. The average Bonchev–Trinajstić information content (AvgIpc) is 2.06. The van der Waals surface area contributed by atoms with Gasteiger partial charge in [-0.2, -0.15) is 0 Å². The molecule has 1 aromatic rings. The van der Waals surface area contributed by atoms with Gasteiger partial charge in [0.15, 0.2) is 17.1 Å². The van der Waals surface area contributed by atoms with E-state index in [9.17, 15) is 5.11 Å². The van der Waals surface area contributed by atoms with Gasteiger partial charge >= 0.3 is 0 Å². The first-order chi connectivity index (χ1) is 6.09. The molecule has 0 aliphatic carbocycles. The summed E-state index contributed by atoms with van der Waals surface area (Å²) in [6, 6.07) is 7.31. The topological polar surface area (TPSA) is 38.7 Å². The van der Waals surface area contributed by atoms with Crippen LogP contribution in [0.25, 0.3) is 0 Å². The lowest BCUT2D eigenvalue weighted by molar-refractivity contribution is -0.157. The molecule has 1 heterocycles. The summed E-state index contributed by atoms with van der Waals surface area (Å²) in [4.78, 5) is 0. The van der Waals surface area contributed by atoms with E-state index in [0.29, 0.717) is 11.5 Å². The molecule has 13 heavy (non-hydrogen) atoms. The molecular weight excluding hydrogens is 168 g/mol. The molecule has 1 unspecified atom stereocenters. The Morgan fingerprint density at radius 1 is 1.23 bits per heavy atom. The molecule has 0 radical (unpaired) electrons. The van der Waals surface area contributed by atoms with Gasteiger partial charge in [0.2, 0.25) is 6.29 Å². The van der Waals surface area contributed by atoms with E-state index in [1.54, 1.807) is 19.9 Å². The van der Waals surface area contributed by atoms with Crippen molar-refractivity contribution < 1.29 is 14.6 Å². The first-order valence-electron chi connectivity index (χ1n) is 4.22. The normalized spacial score (nSPS) is 24.1. The molecule has 1 N–H and O–H groups in total. The predicted octanol–water partition coefficient (Wildman–Crippen LogP) is 1.55. The van der Waals surface area contributed by atoms with Crippen molar-refractivity contribution >= 4 is 0 Å². The highest BCUT2D eigenvalue weighted by Gasteiger charge is 2.37. The van der Waals surface area contributed by atoms with Crippen LogP contribution in [0.15, 0.2) is 24.3 Å². The fourth-order valence-corrected chi connectivity index (χ4v) is 1.23. The number of ether oxygens (including phenoxy) is 2. The van der Waals surface area contributed by atoms with Crippen molar-refractivity contribution in [2.24, 2.45) is 0 Å². The van der Waals surface area contributed by atoms with Gasteiger partial charge in [0.05, 0.1) is 0 Å². The summed E-state index contributed by atoms with van der Waals surface area (Å²) in [5.74, 6) is 1.27. The van der Waals surface area contributed by atoms with Crippen molar-refractivity contribution in [1.29, 1.82) is 0 Å². The number of aliphatic hydroxyl groups is 1. The zero-order valence-electron chi connectivity index (χ0n) is 7.65. The first-order valence-corrected chi connectivity index (χ1v) is 4.22. The fourth-order valence-electron chi connectivity index (χ4n) is 1.23. The summed E-state index contributed by atoms with van der Waals surface area (Å²) >= 11 is 0. The highest BCUT2D eigenvalue weighted by Crippen LogP contribution is 2.36. The van der Waals surface area contributed by atoms with Crippen molar-refractivity contribution in [2.75, 3.05) is 0 Å². The van der Waals surface area contributed by atoms with Crippen LogP contribution in [-0.4, -0.2) is 17.0 Å². The standard InChI is InChI=1S/C10H12O3/c1-10(2)9(11)12-7-5-3-4-6-8(7)13-10/h3-6,9,11H,1-2H3. The molecule has 3 nitrogen and oxygen atoms in total. The molecule has 0 amide bonds. The Kier molecular flexibility index (Phi) is 1.70. The second-order valence-electron chi connectivity index (χ2n) is 3.62. The highest BCUT2D eigenvalue weighted by molar-refractivity contribution is 5.41. The van der Waals surface area contributed by atoms with Gasteiger partial charge in [-0.3, -0.25) is 0 Å². The average molecular weight is 180 g/mol. The maximum atomic E-state index is 9.54. The quantitative estimate of drug-likeness (QED) is 0.658. The molecule has 1 aromatic carbocycles. The van der Waals surface area contributed by atoms with Crippen LogP contribution >= 0.6 is 0 Å². The Bertz CT molecular complexity index is 320. The van der Waals surface area contributed by atoms with Gasteiger partial charge < -0.3 is 14.6 Å². The summed E-state index contributed by atoms with van der Waals surface area (Å²) in [5.41, 5.74) is -0.686. The van der Waals surface area contributed by atoms with Gasteiger partial charge in [0, 0.05) is 0 Å². The maximum Gasteiger partial charge on any atom is 0.237 e. The van der Waals surface area contributed by atoms with Crippen LogP contribution in [0.1, 0.15) is 13.8 Å². The van der Waals surface area contributed by atoms with E-state index >= 15 is 0 Å². The summed E-state index contributed by atoms with van der Waals surface area (Å²) in [7, 11) is 0. The number of benzene rings is 1. The Labute approximate surface area is 76.9 Å². The number of rotatable bonds is 0. The minimum atomic E-state index is -0.914. The number of aliphatic hydroxyl groups excluding tert-OH is 1. The molecule has 0 saturated heterocycles. The van der Waals surface area contributed by atoms with Gasteiger partial charge in [-0.25, -0.2) is 0 Å². The minimum absolute atomic E-state index is 0.592. The van der Waals surface area contributed by atoms with Crippen LogP contribution in [0.2, 0.25) is 0 Å². The van der Waals surface area contributed by atoms with Crippen molar-refractivity contribution in [1.82, 2.24) is 0 Å². The summed E-state index contributed by atoms with van der Waals surface area (Å²) in [6.07, 6.45) is -0.914. The minimum Gasteiger partial charge on any atom is -0.477 e. The molecule has 0 spiro atoms. The molecule has 70 valence electrons. The van der Waals surface area contributed by atoms with Crippen molar-refractivity contribution in [3.05, 3.63) is 24.3 Å². The van der Waals surface area contributed by atoms with Gasteiger partial charge in [0.25, 0.3) is 0 Å². The van der Waals surface area contributed by atoms with E-state index in [4.69, 9.17) is 9.47 Å². The number of fused-ring (bicyclic) bond motifs is 1. The maximum absolute atomic E-state index is 9.54. The number of hydrogen-bond donors (Lipinski definition) is 1. The third-order valence-corrected chi connectivity index (χ3v) is 2.06. The molecular formula is C10H12O3. The molecule has 0 fully saturated rings. The molecule has 3 heteroatoms. The van der Waals surface area contributed by atoms with Crippen LogP contribution in [-0.2, 0) is 0 Å². The van der Waals surface area contributed by atoms with E-state index in [-0.39, 0.29) is 0 Å². The van der Waals surface area contributed by atoms with Crippen molar-refractivity contribution in [3.63, 3.8) is 0 Å². The molecule has 0 aromatic heterocycles. The lowest BCUT2D eigenvalue weighted by Crippen LogP contribution is -2.48. The van der Waals surface area contributed by atoms with Crippen LogP contribution in [0, 0.1) is 0 Å². The van der Waals surface area contributed by atoms with E-state index in [2.05, 4.69) is 0 Å². The van der Waals surface area contributed by atoms with E-state index in [0.717, 1.165) is 0 Å². The second-order valence-corrected chi connectivity index (χ2v) is 3.62. The predicted molar refractivity (Wildman–Crippen MR) is 47.8 cm³/mol. The van der Waals surface area contributed by atoms with E-state index < -0.39 is 11.9 Å². The second kappa shape index (κ2) is 2.64. The fraction of sp³-hybridized carbons (Fsp3) is 0.400. The highest BCUT2D eigenvalue weighted by atomic mass is 16.7. The Hall–Kier alpha value is -1.22. The number of para-hydroxylation sites is 2. The smallest absolute Gasteiger partial charge is 0.237 e. The summed E-state index contributed by atoms with van der Waals surface area (Å²) < 4.78 is 10.8. The summed E-state index contributed by atoms with van der Waals surface area (Å²) in [5, 5.41) is 9.54. The van der Waals surface area contributed by atoms with Gasteiger partial charge in [-0.15, -0.1) is 0 Å². The van der Waals surface area contributed by atoms with Crippen LogP contribution in [0.3, 0.4) is 0 Å². The lowest BCUT2D eigenvalue weighted by atomic mass is 10.1. The third kappa shape index (κ3) is 1.35. The zero-order chi connectivity index (χ0) is 9.47. The number of hydrogen-bond acceptors (Lipinski definition) is 3. The van der Waals surface area contributed by atoms with Crippen LogP contribution < -0.4 is 9.47 Å². The van der Waals surface area contributed by atoms with Crippen molar-refractivity contribution in [2.45, 2.75) is 25.7 Å². The molecule has 1 aliphatic rings. The Morgan fingerprint density at radius 2 is 1.85 bits per heavy atom. The van der Waals surface area contributed by atoms with Crippen LogP contribution in [0.5, 0.6) is 11.5 Å². The van der Waals surface area contributed by atoms with Crippen molar-refractivity contribution in [3.8, 4) is 11.5 Å². The molecule has 2 rings (SSSR count). The lowest BCUT2D eigenvalue weighted by Gasteiger charge is -2.36. The Balaban J connectivity index is 2.39. The van der Waals surface area contributed by atoms with Gasteiger partial charge in [0.1, 0.15) is 0 Å². The van der Waals surface area contributed by atoms with Gasteiger partial charge in [-0.1, -0.05) is 12.1 Å². The SMILES string of the molecule is CC1(C)Oc2ccccc2OC1O. The molecule has 0 saturated carbocycles.